The summed E-state index contributed by atoms with van der Waals surface area (Å²) in [5.41, 5.74) is -0.0295. The fourth-order valence-corrected chi connectivity index (χ4v) is 5.39. The molecule has 1 aliphatic heterocycles. The summed E-state index contributed by atoms with van der Waals surface area (Å²) in [4.78, 5) is 5.19. The second-order valence-electron chi connectivity index (χ2n) is 3.99. The summed E-state index contributed by atoms with van der Waals surface area (Å²) in [6, 6.07) is 11.6. The normalized spacial score (nSPS) is 17.4. The van der Waals surface area contributed by atoms with Crippen LogP contribution in [0.25, 0.3) is 0 Å². The van der Waals surface area contributed by atoms with Crippen LogP contribution in [0.15, 0.2) is 52.4 Å². The molecule has 0 N–H and O–H groups in total. The molecule has 1 nitrogen and oxygen atoms in total. The summed E-state index contributed by atoms with van der Waals surface area (Å²) in [6.45, 7) is 0. The Labute approximate surface area is 121 Å². The topological polar surface area (TPSA) is 12.4 Å². The minimum absolute atomic E-state index is 0.0615. The smallest absolute Gasteiger partial charge is 0.246 e. The van der Waals surface area contributed by atoms with E-state index in [2.05, 4.69) is 26.2 Å². The Balaban J connectivity index is 2.45. The van der Waals surface area contributed by atoms with Crippen LogP contribution in [-0.4, -0.2) is 0 Å². The molecule has 0 aromatic heterocycles. The molecule has 2 aromatic rings. The van der Waals surface area contributed by atoms with E-state index in [-0.39, 0.29) is 5.36 Å². The van der Waals surface area contributed by atoms with E-state index in [1.165, 1.54) is 6.07 Å². The predicted molar refractivity (Wildman–Crippen MR) is 77.4 cm³/mol. The molecule has 3 rings (SSSR count). The highest BCUT2D eigenvalue weighted by molar-refractivity contribution is 14.2. The highest BCUT2D eigenvalue weighted by Gasteiger charge is 2.33. The first-order valence-electron chi connectivity index (χ1n) is 5.40. The van der Waals surface area contributed by atoms with Crippen LogP contribution >= 0.6 is 28.9 Å². The second-order valence-corrected chi connectivity index (χ2v) is 8.02. The lowest BCUT2D eigenvalue weighted by Gasteiger charge is -2.14. The van der Waals surface area contributed by atoms with Gasteiger partial charge in [-0.25, -0.2) is 4.99 Å². The molecule has 1 aliphatic rings. The molecule has 0 saturated carbocycles. The number of fused-ring (bicyclic) bond motifs is 2. The Hall–Kier alpha value is -0.890. The summed E-state index contributed by atoms with van der Waals surface area (Å²) in [5, 5.41) is 0.0615. The van der Waals surface area contributed by atoms with Gasteiger partial charge in [0.2, 0.25) is 0 Å². The van der Waals surface area contributed by atoms with Gasteiger partial charge in [-0.1, -0.05) is 25.9 Å². The molecule has 0 amide bonds. The van der Waals surface area contributed by atoms with Crippen molar-refractivity contribution in [3.05, 3.63) is 57.9 Å². The first-order valence-corrected chi connectivity index (χ1v) is 9.17. The number of rotatable bonds is 0. The fourth-order valence-electron chi connectivity index (χ4n) is 1.95. The molecule has 2 aromatic carbocycles. The molecule has 0 fully saturated rings. The second kappa shape index (κ2) is 4.59. The molecule has 19 heavy (non-hydrogen) atoms. The lowest BCUT2D eigenvalue weighted by atomic mass is 10.2. The molecule has 0 saturated heterocycles. The Morgan fingerprint density at radius 3 is 2.47 bits per heavy atom. The van der Waals surface area contributed by atoms with Crippen LogP contribution in [0.4, 0.5) is 18.9 Å². The predicted octanol–water partition coefficient (Wildman–Crippen LogP) is 4.90. The van der Waals surface area contributed by atoms with Crippen LogP contribution < -0.4 is 5.36 Å². The highest BCUT2D eigenvalue weighted by Crippen LogP contribution is 2.44. The lowest BCUT2D eigenvalue weighted by Crippen LogP contribution is -2.21. The Morgan fingerprint density at radius 1 is 1.00 bits per heavy atom. The van der Waals surface area contributed by atoms with Crippen molar-refractivity contribution < 1.29 is 13.2 Å². The molecule has 0 aliphatic carbocycles. The molecule has 98 valence electrons. The largest absolute Gasteiger partial charge is 0.418 e. The van der Waals surface area contributed by atoms with Crippen molar-refractivity contribution in [3.63, 3.8) is 0 Å². The van der Waals surface area contributed by atoms with E-state index < -0.39 is 19.4 Å². The maximum absolute atomic E-state index is 13.0. The number of hydrogen-bond donors (Lipinski definition) is 0. The molecule has 6 heteroatoms. The molecule has 1 heterocycles. The van der Waals surface area contributed by atoms with Gasteiger partial charge < -0.3 is 0 Å². The van der Waals surface area contributed by atoms with E-state index in [9.17, 15) is 13.2 Å². The van der Waals surface area contributed by atoms with Crippen molar-refractivity contribution in [1.82, 2.24) is 0 Å². The van der Waals surface area contributed by atoms with E-state index in [1.54, 1.807) is 18.2 Å². The van der Waals surface area contributed by atoms with Gasteiger partial charge in [0.15, 0.2) is 0 Å². The SMILES string of the molecule is FC(F)(F)c1cccc2c1=Nc1ccccc1S=2I. The third-order valence-electron chi connectivity index (χ3n) is 2.79. The van der Waals surface area contributed by atoms with E-state index in [4.69, 9.17) is 0 Å². The summed E-state index contributed by atoms with van der Waals surface area (Å²) in [7, 11) is -0.409. The van der Waals surface area contributed by atoms with Crippen LogP contribution in [-0.2, 0) is 6.18 Å². The quantitative estimate of drug-likeness (QED) is 0.446. The molecular weight excluding hydrogens is 386 g/mol. The summed E-state index contributed by atoms with van der Waals surface area (Å²) >= 11 is 2.19. The van der Waals surface area contributed by atoms with E-state index in [0.717, 1.165) is 11.0 Å². The monoisotopic (exact) mass is 393 g/mol. The molecule has 0 spiro atoms. The maximum atomic E-state index is 13.0. The van der Waals surface area contributed by atoms with Gasteiger partial charge in [-0.15, -0.1) is 0 Å². The summed E-state index contributed by atoms with van der Waals surface area (Å²) in [6.07, 6.45) is -4.37. The average molecular weight is 393 g/mol. The third-order valence-corrected chi connectivity index (χ3v) is 7.08. The van der Waals surface area contributed by atoms with Gasteiger partial charge in [-0.05, 0) is 45.5 Å². The molecule has 1 unspecified atom stereocenters. The van der Waals surface area contributed by atoms with Crippen LogP contribution in [0.2, 0.25) is 0 Å². The van der Waals surface area contributed by atoms with Gasteiger partial charge in [-0.3, -0.25) is 0 Å². The zero-order valence-electron chi connectivity index (χ0n) is 9.41. The number of halogens is 4. The Bertz CT molecular complexity index is 783. The van der Waals surface area contributed by atoms with Crippen molar-refractivity contribution in [1.29, 1.82) is 0 Å². The molecule has 0 bridgehead atoms. The van der Waals surface area contributed by atoms with Gasteiger partial charge in [0.25, 0.3) is 0 Å². The van der Waals surface area contributed by atoms with Gasteiger partial charge in [0, 0.05) is 9.41 Å². The summed E-state index contributed by atoms with van der Waals surface area (Å²) in [5.74, 6) is 0. The first kappa shape index (κ1) is 13.1. The van der Waals surface area contributed by atoms with Gasteiger partial charge in [0.1, 0.15) is 0 Å². The summed E-state index contributed by atoms with van der Waals surface area (Å²) < 4.78 is 39.7. The minimum atomic E-state index is -4.37. The number of nitrogens with zero attached hydrogens (tertiary/aromatic N) is 1. The van der Waals surface area contributed by atoms with E-state index in [1.807, 2.05) is 12.1 Å². The van der Waals surface area contributed by atoms with Crippen molar-refractivity contribution in [2.24, 2.45) is 4.99 Å². The highest BCUT2D eigenvalue weighted by atomic mass is 127. The van der Waals surface area contributed by atoms with Gasteiger partial charge in [-0.2, -0.15) is 13.2 Å². The fraction of sp³-hybridized carbons (Fsp3) is 0.0769. The molecular formula is C13H7F3INS. The van der Waals surface area contributed by atoms with Gasteiger partial charge in [0.05, 0.1) is 16.6 Å². The van der Waals surface area contributed by atoms with E-state index >= 15 is 0 Å². The van der Waals surface area contributed by atoms with Crippen LogP contribution in [0.5, 0.6) is 0 Å². The van der Waals surface area contributed by atoms with Gasteiger partial charge >= 0.3 is 6.18 Å². The number of hydrogen-bond acceptors (Lipinski definition) is 1. The lowest BCUT2D eigenvalue weighted by molar-refractivity contribution is -0.138. The number of benzene rings is 2. The third kappa shape index (κ3) is 2.20. The zero-order valence-corrected chi connectivity index (χ0v) is 12.4. The number of para-hydroxylation sites is 2. The van der Waals surface area contributed by atoms with E-state index in [0.29, 0.717) is 10.2 Å². The van der Waals surface area contributed by atoms with Crippen LogP contribution in [0.3, 0.4) is 0 Å². The Kier molecular flexibility index (Phi) is 3.17. The molecule has 1 atom stereocenters. The maximum Gasteiger partial charge on any atom is 0.418 e. The average Bonchev–Trinajstić information content (AvgIpc) is 2.37. The van der Waals surface area contributed by atoms with Crippen molar-refractivity contribution in [3.8, 4) is 0 Å². The van der Waals surface area contributed by atoms with Crippen molar-refractivity contribution in [2.75, 3.05) is 0 Å². The zero-order chi connectivity index (χ0) is 13.6. The van der Waals surface area contributed by atoms with Crippen molar-refractivity contribution in [2.45, 2.75) is 11.1 Å². The first-order chi connectivity index (χ1) is 8.98. The Morgan fingerprint density at radius 2 is 1.74 bits per heavy atom. The molecule has 0 radical (unpaired) electrons. The van der Waals surface area contributed by atoms with Crippen LogP contribution in [0, 0.1) is 4.51 Å². The van der Waals surface area contributed by atoms with Crippen molar-refractivity contribution >= 4 is 34.5 Å². The number of alkyl halides is 3. The minimum Gasteiger partial charge on any atom is -0.246 e. The standard InChI is InChI=1S/C13H7F3INS/c14-13(15,16)8-4-3-7-11-12(8)18-9-5-1-2-6-10(9)19(11)17/h1-7H. The van der Waals surface area contributed by atoms with Crippen LogP contribution in [0.1, 0.15) is 5.56 Å².